The first-order chi connectivity index (χ1) is 17.5. The van der Waals surface area contributed by atoms with Crippen molar-refractivity contribution in [3.63, 3.8) is 0 Å². The molecule has 0 spiro atoms. The van der Waals surface area contributed by atoms with E-state index in [9.17, 15) is 14.7 Å². The number of hydrogen-bond donors (Lipinski definition) is 1. The maximum atomic E-state index is 13.9. The molecule has 0 bridgehead atoms. The summed E-state index contributed by atoms with van der Waals surface area (Å²) in [5.41, 5.74) is 4.95. The molecule has 176 valence electrons. The van der Waals surface area contributed by atoms with E-state index in [0.29, 0.717) is 17.1 Å². The smallest absolute Gasteiger partial charge is 0.352 e. The summed E-state index contributed by atoms with van der Waals surface area (Å²) in [5, 5.41) is 12.2. The van der Waals surface area contributed by atoms with Crippen molar-refractivity contribution >= 4 is 39.9 Å². The number of anilines is 1. The topological polar surface area (TPSA) is 62.5 Å². The molecule has 5 aromatic rings. The standard InChI is InChI=1S/C30H21ClN2O3/c31-26-16-20(24-10-5-8-19-6-1-3-9-23(19)24)12-14-25(26)29(34)33-18-22-13-15-28(30(35)36)32(22)17-21-7-2-4-11-27(21)33/h1-16H,17-18H2,(H,35,36). The molecule has 5 nitrogen and oxygen atoms in total. The van der Waals surface area contributed by atoms with Crippen molar-refractivity contribution in [3.05, 3.63) is 125 Å². The Kier molecular flexibility index (Phi) is 5.35. The summed E-state index contributed by atoms with van der Waals surface area (Å²) in [6.07, 6.45) is 0. The zero-order valence-electron chi connectivity index (χ0n) is 19.2. The van der Waals surface area contributed by atoms with E-state index in [1.165, 1.54) is 0 Å². The molecule has 1 aromatic heterocycles. The third-order valence-corrected chi connectivity index (χ3v) is 7.08. The maximum Gasteiger partial charge on any atom is 0.352 e. The lowest BCUT2D eigenvalue weighted by molar-refractivity contribution is 0.0685. The third-order valence-electron chi connectivity index (χ3n) is 6.77. The van der Waals surface area contributed by atoms with E-state index in [2.05, 4.69) is 24.3 Å². The first-order valence-corrected chi connectivity index (χ1v) is 12.0. The van der Waals surface area contributed by atoms with E-state index < -0.39 is 5.97 Å². The Morgan fingerprint density at radius 1 is 0.806 bits per heavy atom. The number of carbonyl (C=O) groups excluding carboxylic acids is 1. The van der Waals surface area contributed by atoms with Crippen LogP contribution in [0.15, 0.2) is 97.1 Å². The predicted octanol–water partition coefficient (Wildman–Crippen LogP) is 6.87. The fourth-order valence-electron chi connectivity index (χ4n) is 5.01. The van der Waals surface area contributed by atoms with Gasteiger partial charge in [-0.05, 0) is 57.8 Å². The van der Waals surface area contributed by atoms with E-state index in [1.54, 1.807) is 27.7 Å². The minimum absolute atomic E-state index is 0.201. The summed E-state index contributed by atoms with van der Waals surface area (Å²) < 4.78 is 1.75. The average Bonchev–Trinajstić information content (AvgIpc) is 3.21. The van der Waals surface area contributed by atoms with Gasteiger partial charge in [0.15, 0.2) is 0 Å². The van der Waals surface area contributed by atoms with Crippen LogP contribution in [0.3, 0.4) is 0 Å². The van der Waals surface area contributed by atoms with Gasteiger partial charge in [0.05, 0.1) is 23.7 Å². The van der Waals surface area contributed by atoms with E-state index in [4.69, 9.17) is 11.6 Å². The average molecular weight is 493 g/mol. The van der Waals surface area contributed by atoms with Crippen LogP contribution in [0.25, 0.3) is 21.9 Å². The lowest BCUT2D eigenvalue weighted by Gasteiger charge is -2.23. The number of para-hydroxylation sites is 1. The number of nitrogens with zero attached hydrogens (tertiary/aromatic N) is 2. The summed E-state index contributed by atoms with van der Waals surface area (Å²) in [4.78, 5) is 27.3. The molecule has 0 atom stereocenters. The molecule has 1 amide bonds. The van der Waals surface area contributed by atoms with E-state index in [-0.39, 0.29) is 18.1 Å². The van der Waals surface area contributed by atoms with Gasteiger partial charge in [0, 0.05) is 11.4 Å². The summed E-state index contributed by atoms with van der Waals surface area (Å²) in [6.45, 7) is 0.613. The molecule has 0 saturated heterocycles. The largest absolute Gasteiger partial charge is 0.477 e. The Morgan fingerprint density at radius 3 is 2.42 bits per heavy atom. The van der Waals surface area contributed by atoms with E-state index in [1.807, 2.05) is 54.6 Å². The number of carboxylic acids is 1. The number of rotatable bonds is 3. The van der Waals surface area contributed by atoms with Gasteiger partial charge in [-0.3, -0.25) is 4.79 Å². The number of benzene rings is 4. The highest BCUT2D eigenvalue weighted by Crippen LogP contribution is 2.34. The van der Waals surface area contributed by atoms with Gasteiger partial charge < -0.3 is 14.6 Å². The zero-order chi connectivity index (χ0) is 24.8. The second-order valence-corrected chi connectivity index (χ2v) is 9.25. The summed E-state index contributed by atoms with van der Waals surface area (Å²) >= 11 is 6.73. The summed E-state index contributed by atoms with van der Waals surface area (Å²) in [6, 6.07) is 30.8. The maximum absolute atomic E-state index is 13.9. The molecule has 0 fully saturated rings. The van der Waals surface area contributed by atoms with Crippen molar-refractivity contribution < 1.29 is 14.7 Å². The van der Waals surface area contributed by atoms with Crippen molar-refractivity contribution in [1.29, 1.82) is 0 Å². The second kappa shape index (κ2) is 8.70. The lowest BCUT2D eigenvalue weighted by atomic mass is 9.97. The molecule has 6 heteroatoms. The molecular formula is C30H21ClN2O3. The molecule has 36 heavy (non-hydrogen) atoms. The number of fused-ring (bicyclic) bond motifs is 3. The molecule has 0 unspecified atom stereocenters. The third kappa shape index (κ3) is 3.65. The van der Waals surface area contributed by atoms with Crippen molar-refractivity contribution in [2.75, 3.05) is 4.90 Å². The number of carboxylic acid groups (broad SMARTS) is 1. The highest BCUT2D eigenvalue weighted by atomic mass is 35.5. The number of carbonyl (C=O) groups is 2. The molecule has 2 heterocycles. The van der Waals surface area contributed by atoms with Crippen molar-refractivity contribution in [2.24, 2.45) is 0 Å². The number of amides is 1. The SMILES string of the molecule is O=C(O)c1ccc2n1Cc1ccccc1N(C(=O)c1ccc(-c3cccc4ccccc34)cc1Cl)C2. The Hall–Kier alpha value is -4.35. The first kappa shape index (κ1) is 22.1. The summed E-state index contributed by atoms with van der Waals surface area (Å²) in [7, 11) is 0. The fourth-order valence-corrected chi connectivity index (χ4v) is 5.27. The Bertz CT molecular complexity index is 1670. The number of hydrogen-bond acceptors (Lipinski definition) is 2. The van der Waals surface area contributed by atoms with Gasteiger partial charge >= 0.3 is 5.97 Å². The van der Waals surface area contributed by atoms with Gasteiger partial charge in [-0.2, -0.15) is 0 Å². The normalized spacial score (nSPS) is 12.6. The van der Waals surface area contributed by atoms with Crippen molar-refractivity contribution in [1.82, 2.24) is 4.57 Å². The Labute approximate surface area is 212 Å². The van der Waals surface area contributed by atoms with Crippen LogP contribution in [0.2, 0.25) is 5.02 Å². The number of halogens is 1. The van der Waals surface area contributed by atoms with Gasteiger partial charge in [0.2, 0.25) is 0 Å². The number of aromatic nitrogens is 1. The monoisotopic (exact) mass is 492 g/mol. The molecule has 1 N–H and O–H groups in total. The molecular weight excluding hydrogens is 472 g/mol. The van der Waals surface area contributed by atoms with Crippen LogP contribution in [0.4, 0.5) is 5.69 Å². The minimum atomic E-state index is -0.995. The van der Waals surface area contributed by atoms with Crippen LogP contribution in [0, 0.1) is 0 Å². The highest BCUT2D eigenvalue weighted by molar-refractivity contribution is 6.35. The van der Waals surface area contributed by atoms with Crippen LogP contribution in [-0.4, -0.2) is 21.6 Å². The second-order valence-electron chi connectivity index (χ2n) is 8.84. The molecule has 0 saturated carbocycles. The van der Waals surface area contributed by atoms with Gasteiger partial charge in [0.25, 0.3) is 5.91 Å². The van der Waals surface area contributed by atoms with Gasteiger partial charge in [-0.15, -0.1) is 0 Å². The van der Waals surface area contributed by atoms with E-state index >= 15 is 0 Å². The lowest BCUT2D eigenvalue weighted by Crippen LogP contribution is -2.30. The molecule has 4 aromatic carbocycles. The molecule has 6 rings (SSSR count). The van der Waals surface area contributed by atoms with Crippen LogP contribution in [0.5, 0.6) is 0 Å². The van der Waals surface area contributed by atoms with Gasteiger partial charge in [-0.1, -0.05) is 78.3 Å². The van der Waals surface area contributed by atoms with Crippen molar-refractivity contribution in [3.8, 4) is 11.1 Å². The quantitative estimate of drug-likeness (QED) is 0.299. The predicted molar refractivity (Wildman–Crippen MR) is 142 cm³/mol. The van der Waals surface area contributed by atoms with Crippen molar-refractivity contribution in [2.45, 2.75) is 13.1 Å². The van der Waals surface area contributed by atoms with Crippen LogP contribution in [-0.2, 0) is 13.1 Å². The summed E-state index contributed by atoms with van der Waals surface area (Å²) in [5.74, 6) is -1.23. The minimum Gasteiger partial charge on any atom is -0.477 e. The molecule has 0 radical (unpaired) electrons. The highest BCUT2D eigenvalue weighted by Gasteiger charge is 2.28. The number of aromatic carboxylic acids is 1. The Morgan fingerprint density at radius 2 is 1.58 bits per heavy atom. The molecule has 1 aliphatic rings. The Balaban J connectivity index is 1.41. The van der Waals surface area contributed by atoms with Gasteiger partial charge in [-0.25, -0.2) is 4.79 Å². The van der Waals surface area contributed by atoms with Crippen LogP contribution >= 0.6 is 11.6 Å². The first-order valence-electron chi connectivity index (χ1n) is 11.6. The van der Waals surface area contributed by atoms with Crippen LogP contribution in [0.1, 0.15) is 32.1 Å². The van der Waals surface area contributed by atoms with Crippen LogP contribution < -0.4 is 4.90 Å². The van der Waals surface area contributed by atoms with E-state index in [0.717, 1.165) is 38.8 Å². The zero-order valence-corrected chi connectivity index (χ0v) is 19.9. The van der Waals surface area contributed by atoms with Gasteiger partial charge in [0.1, 0.15) is 5.69 Å². The fraction of sp³-hybridized carbons (Fsp3) is 0.0667. The molecule has 0 aliphatic carbocycles. The molecule has 1 aliphatic heterocycles.